The zero-order valence-electron chi connectivity index (χ0n) is 19.0. The van der Waals surface area contributed by atoms with E-state index in [0.717, 1.165) is 55.3 Å². The number of hydrogen-bond donors (Lipinski definition) is 1. The van der Waals surface area contributed by atoms with Gasteiger partial charge in [0.05, 0.1) is 0 Å². The summed E-state index contributed by atoms with van der Waals surface area (Å²) in [7, 11) is 0. The maximum absolute atomic E-state index is 13.9. The molecule has 7 nitrogen and oxygen atoms in total. The van der Waals surface area contributed by atoms with Gasteiger partial charge in [-0.25, -0.2) is 9.18 Å². The number of hydrogen-bond acceptors (Lipinski definition) is 6. The molecule has 0 unspecified atom stereocenters. The van der Waals surface area contributed by atoms with Crippen LogP contribution < -0.4 is 0 Å². The minimum Gasteiger partial charge on any atom is -0.450 e. The molecule has 2 aromatic carbocycles. The quantitative estimate of drug-likeness (QED) is 0.458. The predicted octanol–water partition coefficient (Wildman–Crippen LogP) is 5.20. The normalized spacial score (nSPS) is 18.0. The first kappa shape index (κ1) is 22.5. The van der Waals surface area contributed by atoms with E-state index in [4.69, 9.17) is 14.4 Å². The zero-order valence-corrected chi connectivity index (χ0v) is 19.0. The number of carboxylic acid groups (broad SMARTS) is 1. The Morgan fingerprint density at radius 3 is 2.65 bits per heavy atom. The smallest absolute Gasteiger partial charge is 0.450 e. The van der Waals surface area contributed by atoms with Crippen molar-refractivity contribution in [1.82, 2.24) is 15.0 Å². The van der Waals surface area contributed by atoms with E-state index < -0.39 is 6.16 Å². The highest BCUT2D eigenvalue weighted by Crippen LogP contribution is 2.44. The van der Waals surface area contributed by atoms with Crippen LogP contribution in [0.3, 0.4) is 0 Å². The summed E-state index contributed by atoms with van der Waals surface area (Å²) in [4.78, 5) is 17.3. The van der Waals surface area contributed by atoms with Gasteiger partial charge in [0, 0.05) is 31.6 Å². The van der Waals surface area contributed by atoms with Crippen molar-refractivity contribution in [2.24, 2.45) is 0 Å². The average Bonchev–Trinajstić information content (AvgIpc) is 3.47. The second-order valence-electron chi connectivity index (χ2n) is 9.41. The Hall–Kier alpha value is -3.26. The number of aryl methyl sites for hydroxylation is 1. The van der Waals surface area contributed by atoms with Gasteiger partial charge in [-0.05, 0) is 47.9 Å². The minimum atomic E-state index is -1.22. The monoisotopic (exact) mass is 465 g/mol. The van der Waals surface area contributed by atoms with Gasteiger partial charge in [0.15, 0.2) is 0 Å². The molecule has 0 spiro atoms. The van der Waals surface area contributed by atoms with Crippen LogP contribution in [0.2, 0.25) is 0 Å². The maximum Gasteiger partial charge on any atom is 0.506 e. The number of aromatic nitrogens is 2. The Morgan fingerprint density at radius 1 is 1.18 bits per heavy atom. The van der Waals surface area contributed by atoms with Crippen LogP contribution in [0.1, 0.15) is 49.1 Å². The molecule has 1 N–H and O–H groups in total. The molecule has 3 aromatic rings. The van der Waals surface area contributed by atoms with E-state index in [1.165, 1.54) is 6.07 Å². The zero-order chi connectivity index (χ0) is 23.5. The van der Waals surface area contributed by atoms with Crippen LogP contribution >= 0.6 is 0 Å². The van der Waals surface area contributed by atoms with E-state index >= 15 is 0 Å². The van der Waals surface area contributed by atoms with E-state index in [-0.39, 0.29) is 17.3 Å². The maximum atomic E-state index is 13.9. The van der Waals surface area contributed by atoms with Crippen molar-refractivity contribution in [1.29, 1.82) is 0 Å². The molecule has 0 amide bonds. The molecular weight excluding hydrogens is 437 g/mol. The van der Waals surface area contributed by atoms with Gasteiger partial charge in [-0.2, -0.15) is 4.98 Å². The van der Waals surface area contributed by atoms with Crippen LogP contribution in [-0.2, 0) is 23.1 Å². The fraction of sp³-hybridized carbons (Fsp3) is 0.423. The number of rotatable bonds is 8. The number of ether oxygens (including phenoxy) is 1. The molecule has 1 aliphatic heterocycles. The number of carbonyl (C=O) groups is 1. The summed E-state index contributed by atoms with van der Waals surface area (Å²) in [6.45, 7) is 1.96. The van der Waals surface area contributed by atoms with E-state index in [0.29, 0.717) is 31.2 Å². The standard InChI is InChI=1S/C26H28FN3O4/c27-21-5-3-4-20(14-21)26(11-1-2-12-26)13-10-23-28-24(29-34-23)19-8-6-18(7-9-19)15-30-16-22(17-30)33-25(31)32/h3-9,14,22H,1-2,10-13,15-17H2,(H,31,32). The second kappa shape index (κ2) is 9.54. The summed E-state index contributed by atoms with van der Waals surface area (Å²) < 4.78 is 24.2. The van der Waals surface area contributed by atoms with Crippen molar-refractivity contribution >= 4 is 6.16 Å². The van der Waals surface area contributed by atoms with Crippen LogP contribution in [0.4, 0.5) is 9.18 Å². The van der Waals surface area contributed by atoms with Crippen LogP contribution in [0.5, 0.6) is 0 Å². The molecule has 1 saturated heterocycles. The SMILES string of the molecule is O=C(O)OC1CN(Cc2ccc(-c3noc(CCC4(c5cccc(F)c5)CCCC4)n3)cc2)C1. The summed E-state index contributed by atoms with van der Waals surface area (Å²) in [6, 6.07) is 15.0. The van der Waals surface area contributed by atoms with Gasteiger partial charge in [0.2, 0.25) is 11.7 Å². The summed E-state index contributed by atoms with van der Waals surface area (Å²) >= 11 is 0. The summed E-state index contributed by atoms with van der Waals surface area (Å²) in [5, 5.41) is 12.8. The van der Waals surface area contributed by atoms with Gasteiger partial charge < -0.3 is 14.4 Å². The van der Waals surface area contributed by atoms with Gasteiger partial charge in [0.25, 0.3) is 0 Å². The van der Waals surface area contributed by atoms with Gasteiger partial charge in [-0.15, -0.1) is 0 Å². The van der Waals surface area contributed by atoms with Gasteiger partial charge in [-0.3, -0.25) is 4.90 Å². The number of benzene rings is 2. The average molecular weight is 466 g/mol. The lowest BCUT2D eigenvalue weighted by atomic mass is 9.75. The predicted molar refractivity (Wildman–Crippen MR) is 123 cm³/mol. The molecule has 2 heterocycles. The summed E-state index contributed by atoms with van der Waals surface area (Å²) in [6.07, 6.45) is 4.48. The molecule has 1 aliphatic carbocycles. The van der Waals surface area contributed by atoms with Crippen molar-refractivity contribution in [2.75, 3.05) is 13.1 Å². The molecule has 1 saturated carbocycles. The van der Waals surface area contributed by atoms with Gasteiger partial charge in [0.1, 0.15) is 11.9 Å². The van der Waals surface area contributed by atoms with E-state index in [1.807, 2.05) is 30.3 Å². The van der Waals surface area contributed by atoms with Crippen LogP contribution in [0, 0.1) is 5.82 Å². The highest BCUT2D eigenvalue weighted by molar-refractivity contribution is 5.57. The lowest BCUT2D eigenvalue weighted by molar-refractivity contribution is -0.0363. The van der Waals surface area contributed by atoms with Gasteiger partial charge in [-0.1, -0.05) is 54.4 Å². The van der Waals surface area contributed by atoms with Crippen molar-refractivity contribution in [3.8, 4) is 11.4 Å². The highest BCUT2D eigenvalue weighted by atomic mass is 19.1. The highest BCUT2D eigenvalue weighted by Gasteiger charge is 2.36. The van der Waals surface area contributed by atoms with E-state index in [2.05, 4.69) is 15.0 Å². The molecule has 1 aromatic heterocycles. The molecule has 8 heteroatoms. The van der Waals surface area contributed by atoms with E-state index in [9.17, 15) is 9.18 Å². The van der Waals surface area contributed by atoms with Crippen LogP contribution in [0.15, 0.2) is 53.1 Å². The molecule has 2 fully saturated rings. The van der Waals surface area contributed by atoms with Crippen molar-refractivity contribution in [3.63, 3.8) is 0 Å². The molecule has 34 heavy (non-hydrogen) atoms. The third kappa shape index (κ3) is 4.97. The number of halogens is 1. The fourth-order valence-corrected chi connectivity index (χ4v) is 5.26. The molecule has 0 atom stereocenters. The first-order valence-corrected chi connectivity index (χ1v) is 11.8. The van der Waals surface area contributed by atoms with Crippen molar-refractivity contribution in [2.45, 2.75) is 56.6 Å². The molecule has 2 aliphatic rings. The lowest BCUT2D eigenvalue weighted by Gasteiger charge is -2.37. The Bertz CT molecular complexity index is 1130. The van der Waals surface area contributed by atoms with Crippen LogP contribution in [0.25, 0.3) is 11.4 Å². The Kier molecular flexibility index (Phi) is 6.32. The van der Waals surface area contributed by atoms with Crippen molar-refractivity contribution in [3.05, 3.63) is 71.4 Å². The third-order valence-corrected chi connectivity index (χ3v) is 7.09. The lowest BCUT2D eigenvalue weighted by Crippen LogP contribution is -2.52. The Labute approximate surface area is 197 Å². The topological polar surface area (TPSA) is 88.7 Å². The number of likely N-dealkylation sites (tertiary alicyclic amines) is 1. The Morgan fingerprint density at radius 2 is 1.94 bits per heavy atom. The molecular formula is C26H28FN3O4. The summed E-state index contributed by atoms with van der Waals surface area (Å²) in [5.41, 5.74) is 3.06. The minimum absolute atomic E-state index is 0.0241. The molecule has 0 bridgehead atoms. The van der Waals surface area contributed by atoms with Gasteiger partial charge >= 0.3 is 6.16 Å². The summed E-state index contributed by atoms with van der Waals surface area (Å²) in [5.74, 6) is 0.980. The molecule has 178 valence electrons. The largest absolute Gasteiger partial charge is 0.506 e. The van der Waals surface area contributed by atoms with E-state index in [1.54, 1.807) is 12.1 Å². The van der Waals surface area contributed by atoms with Crippen LogP contribution in [-0.4, -0.2) is 45.5 Å². The molecule has 0 radical (unpaired) electrons. The molecule has 5 rings (SSSR count). The fourth-order valence-electron chi connectivity index (χ4n) is 5.26. The third-order valence-electron chi connectivity index (χ3n) is 7.09. The first-order valence-electron chi connectivity index (χ1n) is 11.8. The first-order chi connectivity index (χ1) is 16.5. The Balaban J connectivity index is 1.18. The van der Waals surface area contributed by atoms with Crippen molar-refractivity contribution < 1.29 is 23.6 Å². The number of nitrogens with zero attached hydrogens (tertiary/aromatic N) is 3. The second-order valence-corrected chi connectivity index (χ2v) is 9.41.